The molecule has 0 aliphatic carbocycles. The Kier molecular flexibility index (Phi) is 7.07. The lowest BCUT2D eigenvalue weighted by atomic mass is 9.89. The zero-order chi connectivity index (χ0) is 17.6. The maximum atomic E-state index is 10.4. The summed E-state index contributed by atoms with van der Waals surface area (Å²) in [5.41, 5.74) is 2.32. The van der Waals surface area contributed by atoms with Gasteiger partial charge in [0.1, 0.15) is 0 Å². The maximum Gasteiger partial charge on any atom is 0.257 e. The van der Waals surface area contributed by atoms with Crippen LogP contribution < -0.4 is 5.32 Å². The van der Waals surface area contributed by atoms with Crippen molar-refractivity contribution in [1.29, 1.82) is 0 Å². The minimum Gasteiger partial charge on any atom is -0.380 e. The second-order valence-electron chi connectivity index (χ2n) is 7.17. The highest BCUT2D eigenvalue weighted by Crippen LogP contribution is 2.27. The van der Waals surface area contributed by atoms with Crippen molar-refractivity contribution in [1.82, 2.24) is 4.90 Å². The maximum absolute atomic E-state index is 10.4. The molecular formula is C18H29N2O3S. The van der Waals surface area contributed by atoms with Crippen LogP contribution >= 0.6 is 0 Å². The molecule has 6 heteroatoms. The predicted molar refractivity (Wildman–Crippen MR) is 98.7 cm³/mol. The van der Waals surface area contributed by atoms with Crippen LogP contribution in [0.15, 0.2) is 24.3 Å². The van der Waals surface area contributed by atoms with Crippen LogP contribution in [-0.2, 0) is 21.6 Å². The molecule has 1 aliphatic rings. The summed E-state index contributed by atoms with van der Waals surface area (Å²) >= 11 is 0. The van der Waals surface area contributed by atoms with Gasteiger partial charge >= 0.3 is 0 Å². The van der Waals surface area contributed by atoms with E-state index in [1.165, 1.54) is 5.92 Å². The minimum atomic E-state index is -2.75. The molecule has 1 saturated heterocycles. The fourth-order valence-electron chi connectivity index (χ4n) is 3.12. The van der Waals surface area contributed by atoms with Crippen molar-refractivity contribution in [3.05, 3.63) is 35.7 Å². The number of anilines is 1. The molecule has 0 saturated carbocycles. The summed E-state index contributed by atoms with van der Waals surface area (Å²) in [6.45, 7) is 10.2. The molecule has 0 unspecified atom stereocenters. The molecular weight excluding hydrogens is 324 g/mol. The van der Waals surface area contributed by atoms with E-state index in [4.69, 9.17) is 0 Å². The summed E-state index contributed by atoms with van der Waals surface area (Å²) in [7, 11) is -2.75. The van der Waals surface area contributed by atoms with Gasteiger partial charge in [0.25, 0.3) is 11.0 Å². The zero-order valence-electron chi connectivity index (χ0n) is 14.9. The highest BCUT2D eigenvalue weighted by molar-refractivity contribution is 7.67. The molecule has 2 rings (SSSR count). The van der Waals surface area contributed by atoms with Crippen LogP contribution in [-0.4, -0.2) is 45.1 Å². The fraction of sp³-hybridized carbons (Fsp3) is 0.611. The lowest BCUT2D eigenvalue weighted by molar-refractivity contribution is 0.188. The van der Waals surface area contributed by atoms with E-state index in [2.05, 4.69) is 47.3 Å². The molecule has 24 heavy (non-hydrogen) atoms. The van der Waals surface area contributed by atoms with Crippen molar-refractivity contribution in [2.75, 3.05) is 31.6 Å². The Hall–Kier alpha value is -1.11. The third-order valence-electron chi connectivity index (χ3n) is 4.49. The Labute approximate surface area is 147 Å². The number of rotatable bonds is 8. The number of hydrogen-bond acceptors (Lipinski definition) is 5. The zero-order valence-corrected chi connectivity index (χ0v) is 15.8. The normalized spacial score (nSPS) is 18.2. The first-order valence-corrected chi connectivity index (χ1v) is 9.62. The first-order chi connectivity index (χ1) is 11.4. The first kappa shape index (κ1) is 19.2. The van der Waals surface area contributed by atoms with Crippen LogP contribution in [0.3, 0.4) is 0 Å². The van der Waals surface area contributed by atoms with Gasteiger partial charge in [-0.15, -0.1) is 0 Å². The van der Waals surface area contributed by atoms with E-state index < -0.39 is 11.0 Å². The lowest BCUT2D eigenvalue weighted by Crippen LogP contribution is -2.47. The highest BCUT2D eigenvalue weighted by Gasteiger charge is 2.29. The molecule has 0 amide bonds. The smallest absolute Gasteiger partial charge is 0.257 e. The van der Waals surface area contributed by atoms with Gasteiger partial charge in [0.05, 0.1) is 6.61 Å². The van der Waals surface area contributed by atoms with Crippen molar-refractivity contribution < 1.29 is 12.6 Å². The Morgan fingerprint density at radius 1 is 1.21 bits per heavy atom. The summed E-state index contributed by atoms with van der Waals surface area (Å²) in [6, 6.07) is 8.18. The highest BCUT2D eigenvalue weighted by atomic mass is 32.2. The Bertz CT molecular complexity index is 568. The second-order valence-corrected chi connectivity index (χ2v) is 7.88. The van der Waals surface area contributed by atoms with E-state index in [1.54, 1.807) is 0 Å². The summed E-state index contributed by atoms with van der Waals surface area (Å²) < 4.78 is 25.3. The van der Waals surface area contributed by atoms with Crippen LogP contribution in [0.4, 0.5) is 5.69 Å². The third-order valence-corrected chi connectivity index (χ3v) is 4.88. The largest absolute Gasteiger partial charge is 0.380 e. The number of piperidine rings is 1. The van der Waals surface area contributed by atoms with E-state index in [-0.39, 0.29) is 12.1 Å². The van der Waals surface area contributed by atoms with Gasteiger partial charge in [-0.1, -0.05) is 26.0 Å². The van der Waals surface area contributed by atoms with Crippen LogP contribution in [0.1, 0.15) is 39.2 Å². The molecule has 0 aromatic heterocycles. The molecule has 1 heterocycles. The van der Waals surface area contributed by atoms with E-state index >= 15 is 0 Å². The quantitative estimate of drug-likeness (QED) is 0.704. The van der Waals surface area contributed by atoms with Gasteiger partial charge in [-0.05, 0) is 49.8 Å². The average Bonchev–Trinajstić information content (AvgIpc) is 2.51. The molecule has 0 atom stereocenters. The number of benzene rings is 1. The number of hydrogen-bond donors (Lipinski definition) is 2. The lowest BCUT2D eigenvalue weighted by Gasteiger charge is -2.41. The Morgan fingerprint density at radius 3 is 2.38 bits per heavy atom. The molecule has 1 aliphatic heterocycles. The average molecular weight is 354 g/mol. The summed E-state index contributed by atoms with van der Waals surface area (Å²) in [5.74, 6) is 1.47. The van der Waals surface area contributed by atoms with E-state index in [1.807, 2.05) is 12.1 Å². The van der Waals surface area contributed by atoms with Crippen molar-refractivity contribution in [3.63, 3.8) is 0 Å². The van der Waals surface area contributed by atoms with Gasteiger partial charge in [-0.3, -0.25) is 4.18 Å². The van der Waals surface area contributed by atoms with E-state index in [0.29, 0.717) is 6.42 Å². The molecule has 1 N–H and O–H groups in total. The van der Waals surface area contributed by atoms with Crippen molar-refractivity contribution >= 4 is 16.7 Å². The minimum absolute atomic E-state index is 0.129. The second kappa shape index (κ2) is 8.83. The van der Waals surface area contributed by atoms with Crippen molar-refractivity contribution in [3.8, 4) is 0 Å². The monoisotopic (exact) mass is 353 g/mol. The van der Waals surface area contributed by atoms with Gasteiger partial charge < -0.3 is 10.2 Å². The molecule has 135 valence electrons. The van der Waals surface area contributed by atoms with Crippen LogP contribution in [0.2, 0.25) is 0 Å². The van der Waals surface area contributed by atoms with Crippen molar-refractivity contribution in [2.45, 2.75) is 45.6 Å². The molecule has 1 radical (unpaired) electrons. The van der Waals surface area contributed by atoms with Crippen LogP contribution in [0.25, 0.3) is 0 Å². The molecule has 5 nitrogen and oxygen atoms in total. The molecule has 1 aromatic rings. The molecule has 0 bridgehead atoms. The Morgan fingerprint density at radius 2 is 1.83 bits per heavy atom. The van der Waals surface area contributed by atoms with Gasteiger partial charge in [-0.25, -0.2) is 8.42 Å². The SMILES string of the molecule is C[C](C)CN1CCC(C)(Nc2ccc(CCO[SH](=O)=O)cc2)CC1. The fourth-order valence-corrected chi connectivity index (χ4v) is 3.36. The van der Waals surface area contributed by atoms with E-state index in [0.717, 1.165) is 43.7 Å². The number of nitrogens with zero attached hydrogens (tertiary/aromatic N) is 1. The third kappa shape index (κ3) is 6.42. The van der Waals surface area contributed by atoms with Gasteiger partial charge in [-0.2, -0.15) is 0 Å². The van der Waals surface area contributed by atoms with Gasteiger partial charge in [0, 0.05) is 30.9 Å². The molecule has 1 aromatic carbocycles. The summed E-state index contributed by atoms with van der Waals surface area (Å²) in [5, 5.41) is 3.67. The summed E-state index contributed by atoms with van der Waals surface area (Å²) in [6.07, 6.45) is 2.86. The topological polar surface area (TPSA) is 58.6 Å². The van der Waals surface area contributed by atoms with Crippen LogP contribution in [0.5, 0.6) is 0 Å². The first-order valence-electron chi connectivity index (χ1n) is 8.52. The summed E-state index contributed by atoms with van der Waals surface area (Å²) in [4.78, 5) is 2.52. The van der Waals surface area contributed by atoms with Crippen molar-refractivity contribution in [2.24, 2.45) is 0 Å². The Balaban J connectivity index is 1.82. The van der Waals surface area contributed by atoms with E-state index in [9.17, 15) is 8.42 Å². The number of thiol groups is 1. The number of likely N-dealkylation sites (tertiary alicyclic amines) is 1. The standard InChI is InChI=1S/C18H29N2O3S/c1-15(2)14-20-11-9-18(3,10-12-20)19-17-6-4-16(5-7-17)8-13-23-24(21)22/h4-7,19,24H,8-14H2,1-3H3. The number of nitrogens with one attached hydrogen (secondary N) is 1. The van der Waals surface area contributed by atoms with Gasteiger partial charge in [0.15, 0.2) is 0 Å². The van der Waals surface area contributed by atoms with Gasteiger partial charge in [0.2, 0.25) is 0 Å². The van der Waals surface area contributed by atoms with Crippen LogP contribution in [0, 0.1) is 5.92 Å². The molecule has 0 spiro atoms. The predicted octanol–water partition coefficient (Wildman–Crippen LogP) is 2.65. The molecule has 1 fully saturated rings.